The third-order valence-electron chi connectivity index (χ3n) is 14.9. The van der Waals surface area contributed by atoms with E-state index in [9.17, 15) is 18.3 Å². The zero-order valence-corrected chi connectivity index (χ0v) is 57.0. The number of nitrogens with zero attached hydrogens (tertiary/aromatic N) is 4. The molecule has 0 unspecified atom stereocenters. The molecule has 17 nitrogen and oxygen atoms in total. The average molecular weight is 1430 g/mol. The molecule has 92 heavy (non-hydrogen) atoms. The van der Waals surface area contributed by atoms with Crippen molar-refractivity contribution in [1.82, 2.24) is 19.9 Å². The number of aryl methyl sites for hydroxylation is 1. The molecule has 10 rings (SSSR count). The second-order valence-electron chi connectivity index (χ2n) is 22.3. The van der Waals surface area contributed by atoms with Gasteiger partial charge in [-0.15, -0.1) is 11.3 Å². The second-order valence-corrected chi connectivity index (χ2v) is 27.5. The number of rotatable bonds is 25. The van der Waals surface area contributed by atoms with Crippen LogP contribution in [-0.4, -0.2) is 91.8 Å². The number of para-hydroxylation sites is 1. The molecule has 1 N–H and O–H groups in total. The van der Waals surface area contributed by atoms with Gasteiger partial charge in [-0.2, -0.15) is 8.42 Å². The van der Waals surface area contributed by atoms with Crippen LogP contribution >= 0.6 is 57.1 Å². The lowest BCUT2D eigenvalue weighted by Crippen LogP contribution is -2.39. The van der Waals surface area contributed by atoms with Gasteiger partial charge < -0.3 is 43.0 Å². The van der Waals surface area contributed by atoms with E-state index in [1.165, 1.54) is 41.9 Å². The first-order valence-electron chi connectivity index (χ1n) is 28.9. The summed E-state index contributed by atoms with van der Waals surface area (Å²) in [5, 5.41) is 11.6. The highest BCUT2D eigenvalue weighted by Crippen LogP contribution is 2.51. The van der Waals surface area contributed by atoms with Crippen molar-refractivity contribution in [2.24, 2.45) is 0 Å². The molecule has 7 aromatic carbocycles. The van der Waals surface area contributed by atoms with E-state index >= 15 is 0 Å². The van der Waals surface area contributed by atoms with Crippen LogP contribution in [0, 0.1) is 23.7 Å². The SMILES string of the molecule is COc1ccc(C(OC[C@H](COS(=O)(=O)c2ccc(C)cc2)Oc2c(Cl)c(C)c(-c3c(I)sc4ncnc(O[C@H](Cc5cc(O)ccc5OCc5ccnc(-c6ccccc6OC)n5)C(=O)OC(C)(C)C)c34)c(C)c2Cl)(c2ccccc2)c2ccc(OC)cc2)cc1. The summed E-state index contributed by atoms with van der Waals surface area (Å²) in [5.41, 5.74) is 4.62. The van der Waals surface area contributed by atoms with Crippen molar-refractivity contribution in [1.29, 1.82) is 0 Å². The number of methoxy groups -OCH3 is 3. The Hall–Kier alpha value is -8.09. The van der Waals surface area contributed by atoms with Gasteiger partial charge in [-0.3, -0.25) is 4.18 Å². The Morgan fingerprint density at radius 1 is 0.696 bits per heavy atom. The lowest BCUT2D eigenvalue weighted by Gasteiger charge is -2.37. The fraction of sp³-hybridized carbons (Fsp3) is 0.243. The Balaban J connectivity index is 1.02. The Labute approximate surface area is 561 Å². The van der Waals surface area contributed by atoms with Crippen LogP contribution in [-0.2, 0) is 47.2 Å². The number of carbonyl (C=O) groups excluding carboxylic acids is 1. The number of esters is 1. The highest BCUT2D eigenvalue weighted by Gasteiger charge is 2.40. The molecule has 3 heterocycles. The number of phenolic OH excluding ortho intramolecular Hbond substituents is 1. The average Bonchev–Trinajstić information content (AvgIpc) is 1.33. The first kappa shape index (κ1) is 66.8. The molecule has 0 fully saturated rings. The molecule has 0 aliphatic rings. The van der Waals surface area contributed by atoms with Gasteiger partial charge in [0.25, 0.3) is 10.1 Å². The number of hydrogen-bond acceptors (Lipinski definition) is 18. The fourth-order valence-electron chi connectivity index (χ4n) is 10.5. The maximum atomic E-state index is 14.5. The van der Waals surface area contributed by atoms with Gasteiger partial charge in [0.2, 0.25) is 12.0 Å². The number of thiophene rings is 1. The number of carbonyl (C=O) groups is 1. The van der Waals surface area contributed by atoms with E-state index in [4.69, 9.17) is 70.3 Å². The quantitative estimate of drug-likeness (QED) is 0.0244. The van der Waals surface area contributed by atoms with Crippen molar-refractivity contribution in [3.63, 3.8) is 0 Å². The standard InChI is InChI=1S/C70H65Cl2IN4O13S2/c1-41-19-30-53(31-20-41)92(80,81)87-39-52(38-86-70(45-15-11-10-12-16-45,46-21-26-50(82-7)27-22-46)47-23-28-51(83-8)29-24-47)88-63-61(71)42(2)58(43(3)62(63)72)59-60-66(75-40-76-67(60)91-64(59)73)89-57(68(79)90-69(4,5)6)36-44-35-49(78)25-32-55(44)85-37-48-33-34-74-65(77-48)54-17-13-14-18-56(54)84-9/h10-35,40,52,57,78H,36-39H2,1-9H3/t52-,57-/m1/s1. The van der Waals surface area contributed by atoms with Crippen molar-refractivity contribution < 1.29 is 60.4 Å². The summed E-state index contributed by atoms with van der Waals surface area (Å²) in [7, 11) is 0.383. The number of benzene rings is 7. The van der Waals surface area contributed by atoms with Crippen molar-refractivity contribution >= 4 is 83.4 Å². The van der Waals surface area contributed by atoms with E-state index in [1.54, 1.807) is 72.6 Å². The van der Waals surface area contributed by atoms with Crippen LogP contribution in [0.5, 0.6) is 40.4 Å². The minimum absolute atomic E-state index is 0.000435. The summed E-state index contributed by atoms with van der Waals surface area (Å²) in [4.78, 5) is 33.5. The monoisotopic (exact) mass is 1430 g/mol. The van der Waals surface area contributed by atoms with Crippen LogP contribution in [0.1, 0.15) is 65.4 Å². The highest BCUT2D eigenvalue weighted by molar-refractivity contribution is 14.1. The van der Waals surface area contributed by atoms with Gasteiger partial charge in [0.05, 0.1) is 62.4 Å². The molecular formula is C70H65Cl2IN4O13S2. The number of ether oxygens (including phenoxy) is 8. The number of hydrogen-bond donors (Lipinski definition) is 1. The first-order chi connectivity index (χ1) is 44.1. The fourth-order valence-corrected chi connectivity index (χ4v) is 13.9. The van der Waals surface area contributed by atoms with E-state index in [0.29, 0.717) is 89.2 Å². The number of fused-ring (bicyclic) bond motifs is 1. The van der Waals surface area contributed by atoms with Gasteiger partial charge in [-0.05, 0) is 170 Å². The van der Waals surface area contributed by atoms with Crippen molar-refractivity contribution in [2.75, 3.05) is 34.5 Å². The number of halogens is 3. The molecule has 2 atom stereocenters. The van der Waals surface area contributed by atoms with Gasteiger partial charge in [-0.25, -0.2) is 24.7 Å². The molecule has 476 valence electrons. The molecule has 0 saturated heterocycles. The Morgan fingerprint density at radius 3 is 1.96 bits per heavy atom. The molecule has 0 amide bonds. The minimum Gasteiger partial charge on any atom is -0.508 e. The molecule has 0 saturated carbocycles. The summed E-state index contributed by atoms with van der Waals surface area (Å²) >= 11 is 18.6. The normalized spacial score (nSPS) is 12.5. The number of aromatic nitrogens is 4. The lowest BCUT2D eigenvalue weighted by molar-refractivity contribution is -0.163. The van der Waals surface area contributed by atoms with Crippen LogP contribution in [0.15, 0.2) is 169 Å². The van der Waals surface area contributed by atoms with Gasteiger partial charge in [0.15, 0.2) is 11.6 Å². The Morgan fingerprint density at radius 2 is 1.33 bits per heavy atom. The molecule has 0 aliphatic carbocycles. The van der Waals surface area contributed by atoms with E-state index < -0.39 is 46.1 Å². The summed E-state index contributed by atoms with van der Waals surface area (Å²) in [5.74, 6) is 1.90. The van der Waals surface area contributed by atoms with E-state index in [0.717, 1.165) is 14.0 Å². The molecule has 0 aliphatic heterocycles. The smallest absolute Gasteiger partial charge is 0.348 e. The molecule has 0 spiro atoms. The van der Waals surface area contributed by atoms with Gasteiger partial charge in [-0.1, -0.05) is 108 Å². The summed E-state index contributed by atoms with van der Waals surface area (Å²) < 4.78 is 84.7. The molecule has 22 heteroatoms. The maximum absolute atomic E-state index is 14.5. The molecule has 0 bridgehead atoms. The van der Waals surface area contributed by atoms with Gasteiger partial charge >= 0.3 is 5.97 Å². The zero-order valence-electron chi connectivity index (χ0n) is 51.7. The van der Waals surface area contributed by atoms with Gasteiger partial charge in [0, 0.05) is 23.7 Å². The van der Waals surface area contributed by atoms with Crippen LogP contribution < -0.4 is 28.4 Å². The molecule has 0 radical (unpaired) electrons. The largest absolute Gasteiger partial charge is 0.508 e. The van der Waals surface area contributed by atoms with Crippen molar-refractivity contribution in [3.05, 3.63) is 222 Å². The van der Waals surface area contributed by atoms with Crippen molar-refractivity contribution in [2.45, 2.75) is 82.9 Å². The van der Waals surface area contributed by atoms with E-state index in [2.05, 4.69) is 37.5 Å². The van der Waals surface area contributed by atoms with E-state index in [-0.39, 0.29) is 52.0 Å². The molecule has 3 aromatic heterocycles. The predicted molar refractivity (Wildman–Crippen MR) is 362 cm³/mol. The summed E-state index contributed by atoms with van der Waals surface area (Å²) in [6.07, 6.45) is 0.255. The van der Waals surface area contributed by atoms with Crippen LogP contribution in [0.3, 0.4) is 0 Å². The van der Waals surface area contributed by atoms with Gasteiger partial charge in [0.1, 0.15) is 70.4 Å². The van der Waals surface area contributed by atoms with E-state index in [1.807, 2.05) is 124 Å². The lowest BCUT2D eigenvalue weighted by atomic mass is 9.80. The Kier molecular flexibility index (Phi) is 20.9. The first-order valence-corrected chi connectivity index (χ1v) is 33.0. The predicted octanol–water partition coefficient (Wildman–Crippen LogP) is 15.5. The number of aromatic hydroxyl groups is 1. The van der Waals surface area contributed by atoms with Crippen LogP contribution in [0.2, 0.25) is 10.0 Å². The number of phenols is 1. The topological polar surface area (TPSA) is 206 Å². The third-order valence-corrected chi connectivity index (χ3v) is 19.2. The molecule has 10 aromatic rings. The summed E-state index contributed by atoms with van der Waals surface area (Å²) in [6.45, 7) is 9.87. The Bertz CT molecular complexity index is 4310. The van der Waals surface area contributed by atoms with Crippen molar-refractivity contribution in [3.8, 4) is 62.9 Å². The zero-order chi connectivity index (χ0) is 65.5. The third kappa shape index (κ3) is 14.9. The van der Waals surface area contributed by atoms with Crippen LogP contribution in [0.25, 0.3) is 32.7 Å². The molecular weight excluding hydrogens is 1370 g/mol. The summed E-state index contributed by atoms with van der Waals surface area (Å²) in [6, 6.07) is 44.6. The maximum Gasteiger partial charge on any atom is 0.348 e. The second kappa shape index (κ2) is 28.8. The minimum atomic E-state index is -4.37. The highest BCUT2D eigenvalue weighted by atomic mass is 127. The van der Waals surface area contributed by atoms with Crippen LogP contribution in [0.4, 0.5) is 0 Å².